The van der Waals surface area contributed by atoms with Crippen molar-refractivity contribution < 1.29 is 48.6 Å². The van der Waals surface area contributed by atoms with E-state index in [9.17, 15) is 24.9 Å². The van der Waals surface area contributed by atoms with Crippen molar-refractivity contribution in [3.8, 4) is 0 Å². The number of ether oxygens (including phenoxy) is 5. The summed E-state index contributed by atoms with van der Waals surface area (Å²) in [5.74, 6) is -2.68. The second-order valence-electron chi connectivity index (χ2n) is 17.8. The molecule has 0 aromatic rings. The van der Waals surface area contributed by atoms with Crippen LogP contribution in [0.3, 0.4) is 0 Å². The molecule has 5 fully saturated rings. The highest BCUT2D eigenvalue weighted by atomic mass is 16.7. The number of amides is 1. The van der Waals surface area contributed by atoms with Crippen LogP contribution in [0.15, 0.2) is 0 Å². The van der Waals surface area contributed by atoms with E-state index >= 15 is 0 Å². The molecule has 52 heavy (non-hydrogen) atoms. The lowest BCUT2D eigenvalue weighted by molar-refractivity contribution is -0.331. The highest BCUT2D eigenvalue weighted by Crippen LogP contribution is 2.48. The average molecular weight is 740 g/mol. The van der Waals surface area contributed by atoms with Crippen molar-refractivity contribution >= 4 is 11.9 Å². The molecule has 0 aromatic carbocycles. The number of fused-ring (bicyclic) bond motifs is 3. The van der Waals surface area contributed by atoms with Gasteiger partial charge in [-0.15, -0.1) is 0 Å². The first-order chi connectivity index (χ1) is 24.2. The molecule has 0 radical (unpaired) electrons. The minimum absolute atomic E-state index is 0.00563. The van der Waals surface area contributed by atoms with Crippen LogP contribution < -0.4 is 0 Å². The summed E-state index contributed by atoms with van der Waals surface area (Å²) in [5, 5.41) is 34.9. The third-order valence-electron chi connectivity index (χ3n) is 12.9. The Morgan fingerprint density at radius 2 is 1.69 bits per heavy atom. The molecule has 1 spiro atoms. The van der Waals surface area contributed by atoms with E-state index in [1.54, 1.807) is 6.92 Å². The molecule has 300 valence electrons. The van der Waals surface area contributed by atoms with Gasteiger partial charge < -0.3 is 53.7 Å². The lowest BCUT2D eigenvalue weighted by Gasteiger charge is -2.49. The highest BCUT2D eigenvalue weighted by Gasteiger charge is 2.58. The summed E-state index contributed by atoms with van der Waals surface area (Å²) < 4.78 is 33.9. The zero-order valence-electron chi connectivity index (χ0n) is 33.6. The van der Waals surface area contributed by atoms with Crippen LogP contribution in [0.2, 0.25) is 0 Å². The summed E-state index contributed by atoms with van der Waals surface area (Å²) >= 11 is 0. The fourth-order valence-electron chi connectivity index (χ4n) is 9.58. The smallest absolute Gasteiger partial charge is 0.311 e. The number of aliphatic hydroxyl groups excluding tert-OH is 2. The predicted octanol–water partition coefficient (Wildman–Crippen LogP) is 2.77. The molecular weight excluding hydrogens is 670 g/mol. The molecule has 5 aliphatic rings. The van der Waals surface area contributed by atoms with Crippen LogP contribution in [-0.4, -0.2) is 155 Å². The molecule has 2 bridgehead atoms. The first-order valence-corrected chi connectivity index (χ1v) is 19.9. The Labute approximate surface area is 311 Å². The van der Waals surface area contributed by atoms with Crippen LogP contribution in [0.25, 0.3) is 0 Å². The van der Waals surface area contributed by atoms with E-state index in [1.807, 2.05) is 70.5 Å². The quantitative estimate of drug-likeness (QED) is 0.356. The molecule has 4 aliphatic heterocycles. The van der Waals surface area contributed by atoms with Gasteiger partial charge in [-0.05, 0) is 93.8 Å². The van der Waals surface area contributed by atoms with Gasteiger partial charge in [-0.2, -0.15) is 0 Å². The lowest BCUT2D eigenvalue weighted by Crippen LogP contribution is -2.60. The number of likely N-dealkylation sites (tertiary alicyclic amines) is 1. The van der Waals surface area contributed by atoms with Crippen molar-refractivity contribution in [2.24, 2.45) is 23.7 Å². The van der Waals surface area contributed by atoms with E-state index in [0.717, 1.165) is 12.8 Å². The minimum Gasteiger partial charge on any atom is -0.459 e. The number of carbonyl (C=O) groups is 2. The van der Waals surface area contributed by atoms with Gasteiger partial charge in [0.25, 0.3) is 0 Å². The fraction of sp³-hybridized carbons (Fsp3) is 0.949. The Morgan fingerprint density at radius 3 is 2.27 bits per heavy atom. The normalized spacial score (nSPS) is 45.7. The van der Waals surface area contributed by atoms with E-state index in [2.05, 4.69) is 6.92 Å². The van der Waals surface area contributed by atoms with Crippen molar-refractivity contribution in [1.29, 1.82) is 0 Å². The van der Waals surface area contributed by atoms with E-state index in [4.69, 9.17) is 23.7 Å². The largest absolute Gasteiger partial charge is 0.459 e. The van der Waals surface area contributed by atoms with Gasteiger partial charge in [0.15, 0.2) is 12.1 Å². The Morgan fingerprint density at radius 1 is 1.06 bits per heavy atom. The number of rotatable bonds is 5. The zero-order valence-corrected chi connectivity index (χ0v) is 33.6. The number of hydrogen-bond acceptors (Lipinski definition) is 12. The Kier molecular flexibility index (Phi) is 12.8. The third kappa shape index (κ3) is 8.53. The molecule has 13 heteroatoms. The minimum atomic E-state index is -1.72. The van der Waals surface area contributed by atoms with E-state index in [-0.39, 0.29) is 29.9 Å². The maximum absolute atomic E-state index is 14.2. The van der Waals surface area contributed by atoms with Crippen LogP contribution in [0.4, 0.5) is 0 Å². The summed E-state index contributed by atoms with van der Waals surface area (Å²) in [7, 11) is 5.80. The highest BCUT2D eigenvalue weighted by molar-refractivity contribution is 5.81. The molecule has 5 rings (SSSR count). The summed E-state index contributed by atoms with van der Waals surface area (Å²) in [4.78, 5) is 33.3. The molecular formula is C39H69N3O10. The second kappa shape index (κ2) is 16.0. The monoisotopic (exact) mass is 739 g/mol. The van der Waals surface area contributed by atoms with Gasteiger partial charge in [0.2, 0.25) is 5.91 Å². The Balaban J connectivity index is 1.59. The molecule has 4 saturated heterocycles. The number of piperidine rings is 1. The maximum Gasteiger partial charge on any atom is 0.311 e. The van der Waals surface area contributed by atoms with Crippen LogP contribution >= 0.6 is 0 Å². The van der Waals surface area contributed by atoms with Crippen molar-refractivity contribution in [3.63, 3.8) is 0 Å². The fourth-order valence-corrected chi connectivity index (χ4v) is 9.58. The molecule has 1 aliphatic carbocycles. The van der Waals surface area contributed by atoms with Gasteiger partial charge >= 0.3 is 5.97 Å². The van der Waals surface area contributed by atoms with Gasteiger partial charge in [0.1, 0.15) is 23.9 Å². The van der Waals surface area contributed by atoms with E-state index in [1.165, 1.54) is 6.92 Å². The topological polar surface area (TPSA) is 151 Å². The van der Waals surface area contributed by atoms with Crippen molar-refractivity contribution in [2.45, 2.75) is 172 Å². The van der Waals surface area contributed by atoms with Gasteiger partial charge in [-0.25, -0.2) is 0 Å². The van der Waals surface area contributed by atoms with E-state index < -0.39 is 77.6 Å². The number of likely N-dealkylation sites (N-methyl/N-ethyl adjacent to an activating group) is 2. The number of aliphatic hydroxyl groups is 3. The molecule has 1 saturated carbocycles. The van der Waals surface area contributed by atoms with Crippen molar-refractivity contribution in [1.82, 2.24) is 14.7 Å². The molecule has 2 unspecified atom stereocenters. The lowest BCUT2D eigenvalue weighted by atomic mass is 9.78. The maximum atomic E-state index is 14.2. The number of nitrogens with zero attached hydrogens (tertiary/aromatic N) is 3. The van der Waals surface area contributed by atoms with Gasteiger partial charge in [-0.1, -0.05) is 20.8 Å². The van der Waals surface area contributed by atoms with Crippen LogP contribution in [0.1, 0.15) is 100 Å². The van der Waals surface area contributed by atoms with E-state index in [0.29, 0.717) is 51.7 Å². The summed E-state index contributed by atoms with van der Waals surface area (Å²) in [5.41, 5.74) is -2.72. The number of cyclic esters (lactones) is 1. The first kappa shape index (κ1) is 41.7. The molecule has 0 aromatic heterocycles. The van der Waals surface area contributed by atoms with Crippen LogP contribution in [0.5, 0.6) is 0 Å². The third-order valence-corrected chi connectivity index (χ3v) is 12.9. The van der Waals surface area contributed by atoms with Gasteiger partial charge in [-0.3, -0.25) is 9.59 Å². The molecule has 13 nitrogen and oxygen atoms in total. The first-order valence-electron chi connectivity index (χ1n) is 19.9. The SMILES string of the molecule is CC[C@H]1OC(=O)[C@H](C)[C@H]2OC3(CCN(C(=O)C4CC4)CC3)OC(C)(C[C@@H](C)CN(C)[C@H](C)[C@@H](O)[C@]1(C)O)[C@H](OC1O[C@H](C)C[C@H](N(C)C)[C@H]1O)[C@H]2C. The van der Waals surface area contributed by atoms with Gasteiger partial charge in [0.05, 0.1) is 29.8 Å². The number of esters is 1. The Hall–Kier alpha value is -1.42. The van der Waals surface area contributed by atoms with Crippen molar-refractivity contribution in [2.75, 3.05) is 40.8 Å². The summed E-state index contributed by atoms with van der Waals surface area (Å²) in [6, 6.07) is -0.659. The zero-order chi connectivity index (χ0) is 38.5. The predicted molar refractivity (Wildman–Crippen MR) is 194 cm³/mol. The molecule has 3 N–H and O–H groups in total. The van der Waals surface area contributed by atoms with Crippen molar-refractivity contribution in [3.05, 3.63) is 0 Å². The average Bonchev–Trinajstić information content (AvgIpc) is 3.93. The van der Waals surface area contributed by atoms with Crippen LogP contribution in [-0.2, 0) is 33.3 Å². The standard InChI is InChI=1S/C39H69N3O10/c1-12-29-38(8,47)32(44)26(6)41(11)21-22(2)20-37(7)33(50-36-30(43)28(40(9)10)19-23(3)48-36)24(4)31(25(5)35(46)49-29)51-39(52-37)15-17-42(18-16-39)34(45)27-13-14-27/h22-33,36,43-44,47H,12-21H2,1-11H3/t22-,23-,24+,25-,26-,28+,29-,30-,31+,32-,33-,36?,37?,38-/m1/s1. The number of carbonyl (C=O) groups excluding carboxylic acids is 2. The van der Waals surface area contributed by atoms with Crippen LogP contribution in [0, 0.1) is 23.7 Å². The Bertz CT molecular complexity index is 1240. The number of hydrogen-bond donors (Lipinski definition) is 3. The second-order valence-corrected chi connectivity index (χ2v) is 17.8. The molecule has 1 amide bonds. The van der Waals surface area contributed by atoms with Gasteiger partial charge in [0, 0.05) is 56.4 Å². The molecule has 14 atom stereocenters. The molecule has 4 heterocycles. The summed E-state index contributed by atoms with van der Waals surface area (Å²) in [6.07, 6.45) is -1.56. The summed E-state index contributed by atoms with van der Waals surface area (Å²) in [6.45, 7) is 16.7.